The first kappa shape index (κ1) is 15.9. The number of anilines is 1. The van der Waals surface area contributed by atoms with Gasteiger partial charge in [0.15, 0.2) is 0 Å². The van der Waals surface area contributed by atoms with E-state index < -0.39 is 5.97 Å². The normalized spacial score (nSPS) is 10.8. The number of ether oxygens (including phenoxy) is 1. The van der Waals surface area contributed by atoms with Crippen molar-refractivity contribution >= 4 is 39.5 Å². The summed E-state index contributed by atoms with van der Waals surface area (Å²) in [6.45, 7) is 1.43. The molecule has 4 rings (SSSR count). The number of carbonyl (C=O) groups excluding carboxylic acids is 2. The van der Waals surface area contributed by atoms with E-state index in [1.165, 1.54) is 6.92 Å². The summed E-state index contributed by atoms with van der Waals surface area (Å²) in [4.78, 5) is 23.4. The molecule has 1 aromatic heterocycles. The predicted molar refractivity (Wildman–Crippen MR) is 99.4 cm³/mol. The maximum Gasteiger partial charge on any atom is 0.343 e. The molecule has 0 atom stereocenters. The smallest absolute Gasteiger partial charge is 0.343 e. The Morgan fingerprint density at radius 2 is 1.62 bits per heavy atom. The molecule has 1 N–H and O–H groups in total. The van der Waals surface area contributed by atoms with E-state index in [2.05, 4.69) is 5.32 Å². The standard InChI is InChI=1S/C21H15NO4/c1-13(23)22-15-8-6-14(7-9-15)21(24)25-16-10-11-20-18(12-16)17-4-2-3-5-19(17)26-20/h2-12H,1H3,(H,22,23). The first-order valence-corrected chi connectivity index (χ1v) is 8.11. The quantitative estimate of drug-likeness (QED) is 0.429. The molecule has 26 heavy (non-hydrogen) atoms. The molecule has 0 saturated heterocycles. The topological polar surface area (TPSA) is 68.5 Å². The number of para-hydroxylation sites is 1. The van der Waals surface area contributed by atoms with Crippen LogP contribution in [0, 0.1) is 0 Å². The Labute approximate surface area is 149 Å². The number of esters is 1. The molecule has 1 amide bonds. The SMILES string of the molecule is CC(=O)Nc1ccc(C(=O)Oc2ccc3oc4ccccc4c3c2)cc1. The number of furan rings is 1. The number of amides is 1. The van der Waals surface area contributed by atoms with Gasteiger partial charge in [-0.25, -0.2) is 4.79 Å². The van der Waals surface area contributed by atoms with Gasteiger partial charge in [-0.2, -0.15) is 0 Å². The van der Waals surface area contributed by atoms with Gasteiger partial charge in [-0.1, -0.05) is 18.2 Å². The maximum absolute atomic E-state index is 12.4. The summed E-state index contributed by atoms with van der Waals surface area (Å²) in [7, 11) is 0. The van der Waals surface area contributed by atoms with Gasteiger partial charge in [-0.3, -0.25) is 4.79 Å². The van der Waals surface area contributed by atoms with Crippen LogP contribution in [0.5, 0.6) is 5.75 Å². The Bertz CT molecular complexity index is 1130. The Hall–Kier alpha value is -3.60. The van der Waals surface area contributed by atoms with E-state index in [1.54, 1.807) is 42.5 Å². The van der Waals surface area contributed by atoms with E-state index in [4.69, 9.17) is 9.15 Å². The summed E-state index contributed by atoms with van der Waals surface area (Å²) >= 11 is 0. The first-order chi connectivity index (χ1) is 12.6. The Morgan fingerprint density at radius 3 is 2.38 bits per heavy atom. The van der Waals surface area contributed by atoms with Gasteiger partial charge >= 0.3 is 5.97 Å². The lowest BCUT2D eigenvalue weighted by atomic mass is 10.1. The number of rotatable bonds is 3. The summed E-state index contributed by atoms with van der Waals surface area (Å²) in [5.41, 5.74) is 2.56. The van der Waals surface area contributed by atoms with Crippen molar-refractivity contribution < 1.29 is 18.7 Å². The number of fused-ring (bicyclic) bond motifs is 3. The van der Waals surface area contributed by atoms with Crippen molar-refractivity contribution in [3.8, 4) is 5.75 Å². The van der Waals surface area contributed by atoms with Gasteiger partial charge in [0.25, 0.3) is 0 Å². The van der Waals surface area contributed by atoms with Crippen molar-refractivity contribution in [1.29, 1.82) is 0 Å². The van der Waals surface area contributed by atoms with Crippen molar-refractivity contribution in [1.82, 2.24) is 0 Å². The van der Waals surface area contributed by atoms with E-state index >= 15 is 0 Å². The molecule has 0 saturated carbocycles. The monoisotopic (exact) mass is 345 g/mol. The fraction of sp³-hybridized carbons (Fsp3) is 0.0476. The summed E-state index contributed by atoms with van der Waals surface area (Å²) in [6, 6.07) is 19.5. The molecule has 0 radical (unpaired) electrons. The molecule has 0 spiro atoms. The van der Waals surface area contributed by atoms with Crippen LogP contribution in [0.15, 0.2) is 71.1 Å². The van der Waals surface area contributed by atoms with Crippen LogP contribution in [0.3, 0.4) is 0 Å². The Kier molecular flexibility index (Phi) is 3.89. The number of benzene rings is 3. The minimum Gasteiger partial charge on any atom is -0.456 e. The fourth-order valence-electron chi connectivity index (χ4n) is 2.83. The van der Waals surface area contributed by atoms with E-state index in [0.717, 1.165) is 21.9 Å². The number of hydrogen-bond donors (Lipinski definition) is 1. The lowest BCUT2D eigenvalue weighted by Crippen LogP contribution is -2.09. The summed E-state index contributed by atoms with van der Waals surface area (Å²) in [5.74, 6) is -0.188. The van der Waals surface area contributed by atoms with Gasteiger partial charge in [0.2, 0.25) is 5.91 Å². The zero-order valence-electron chi connectivity index (χ0n) is 14.0. The highest BCUT2D eigenvalue weighted by molar-refractivity contribution is 6.05. The van der Waals surface area contributed by atoms with Crippen LogP contribution in [-0.2, 0) is 4.79 Å². The molecule has 4 aromatic rings. The molecule has 5 heteroatoms. The zero-order valence-corrected chi connectivity index (χ0v) is 14.0. The third-order valence-corrected chi connectivity index (χ3v) is 4.00. The van der Waals surface area contributed by atoms with Crippen molar-refractivity contribution in [2.24, 2.45) is 0 Å². The lowest BCUT2D eigenvalue weighted by molar-refractivity contribution is -0.114. The van der Waals surface area contributed by atoms with Crippen LogP contribution >= 0.6 is 0 Å². The van der Waals surface area contributed by atoms with Crippen molar-refractivity contribution in [3.63, 3.8) is 0 Å². The van der Waals surface area contributed by atoms with Crippen LogP contribution in [0.4, 0.5) is 5.69 Å². The van der Waals surface area contributed by atoms with Gasteiger partial charge in [0.1, 0.15) is 16.9 Å². The maximum atomic E-state index is 12.4. The highest BCUT2D eigenvalue weighted by Crippen LogP contribution is 2.31. The van der Waals surface area contributed by atoms with Crippen molar-refractivity contribution in [2.45, 2.75) is 6.92 Å². The second kappa shape index (κ2) is 6.37. The first-order valence-electron chi connectivity index (χ1n) is 8.11. The molecule has 0 aliphatic carbocycles. The summed E-state index contributed by atoms with van der Waals surface area (Å²) in [6.07, 6.45) is 0. The van der Waals surface area contributed by atoms with Crippen molar-refractivity contribution in [2.75, 3.05) is 5.32 Å². The van der Waals surface area contributed by atoms with Crippen LogP contribution in [0.25, 0.3) is 21.9 Å². The van der Waals surface area contributed by atoms with Crippen molar-refractivity contribution in [3.05, 3.63) is 72.3 Å². The van der Waals surface area contributed by atoms with Crippen LogP contribution in [0.1, 0.15) is 17.3 Å². The van der Waals surface area contributed by atoms with Gasteiger partial charge in [0, 0.05) is 23.4 Å². The summed E-state index contributed by atoms with van der Waals surface area (Å²) in [5, 5.41) is 4.52. The van der Waals surface area contributed by atoms with Gasteiger partial charge in [0.05, 0.1) is 5.56 Å². The molecule has 128 valence electrons. The van der Waals surface area contributed by atoms with Gasteiger partial charge in [-0.05, 0) is 48.5 Å². The van der Waals surface area contributed by atoms with E-state index in [1.807, 2.05) is 24.3 Å². The van der Waals surface area contributed by atoms with Crippen LogP contribution < -0.4 is 10.1 Å². The average molecular weight is 345 g/mol. The molecule has 1 heterocycles. The van der Waals surface area contributed by atoms with Gasteiger partial charge < -0.3 is 14.5 Å². The Balaban J connectivity index is 1.59. The fourth-order valence-corrected chi connectivity index (χ4v) is 2.83. The molecule has 0 aliphatic heterocycles. The molecule has 5 nitrogen and oxygen atoms in total. The highest BCUT2D eigenvalue weighted by atomic mass is 16.5. The summed E-state index contributed by atoms with van der Waals surface area (Å²) < 4.78 is 11.2. The molecule has 3 aromatic carbocycles. The number of carbonyl (C=O) groups is 2. The molecule has 0 bridgehead atoms. The molecule has 0 fully saturated rings. The number of nitrogens with one attached hydrogen (secondary N) is 1. The van der Waals surface area contributed by atoms with E-state index in [0.29, 0.717) is 17.0 Å². The average Bonchev–Trinajstić information content (AvgIpc) is 3.00. The van der Waals surface area contributed by atoms with E-state index in [-0.39, 0.29) is 5.91 Å². The minimum absolute atomic E-state index is 0.166. The second-order valence-corrected chi connectivity index (χ2v) is 5.90. The zero-order chi connectivity index (χ0) is 18.1. The van der Waals surface area contributed by atoms with Crippen LogP contribution in [0.2, 0.25) is 0 Å². The molecule has 0 aliphatic rings. The lowest BCUT2D eigenvalue weighted by Gasteiger charge is -2.06. The number of hydrogen-bond acceptors (Lipinski definition) is 4. The Morgan fingerprint density at radius 1 is 0.885 bits per heavy atom. The second-order valence-electron chi connectivity index (χ2n) is 5.90. The highest BCUT2D eigenvalue weighted by Gasteiger charge is 2.12. The van der Waals surface area contributed by atoms with Crippen LogP contribution in [-0.4, -0.2) is 11.9 Å². The molecular formula is C21H15NO4. The predicted octanol–water partition coefficient (Wildman–Crippen LogP) is 4.76. The van der Waals surface area contributed by atoms with E-state index in [9.17, 15) is 9.59 Å². The third kappa shape index (κ3) is 3.02. The molecule has 0 unspecified atom stereocenters. The largest absolute Gasteiger partial charge is 0.456 e. The third-order valence-electron chi connectivity index (χ3n) is 4.00. The van der Waals surface area contributed by atoms with Gasteiger partial charge in [-0.15, -0.1) is 0 Å². The molecular weight excluding hydrogens is 330 g/mol. The minimum atomic E-state index is -0.466.